The van der Waals surface area contributed by atoms with E-state index < -0.39 is 0 Å². The third kappa shape index (κ3) is 6.08. The summed E-state index contributed by atoms with van der Waals surface area (Å²) in [6.07, 6.45) is 1.94. The minimum atomic E-state index is 0.714. The predicted molar refractivity (Wildman–Crippen MR) is 246 cm³/mol. The Bertz CT molecular complexity index is 3100. The molecule has 0 bridgehead atoms. The second-order valence-corrected chi connectivity index (χ2v) is 14.9. The van der Waals surface area contributed by atoms with Gasteiger partial charge in [0.25, 0.3) is 0 Å². The van der Waals surface area contributed by atoms with Crippen LogP contribution in [0, 0.1) is 0 Å². The van der Waals surface area contributed by atoms with Gasteiger partial charge >= 0.3 is 0 Å². The Kier molecular flexibility index (Phi) is 8.48. The number of fused-ring (bicyclic) bond motifs is 4. The summed E-state index contributed by atoms with van der Waals surface area (Å²) in [5.41, 5.74) is 14.8. The Morgan fingerprint density at radius 1 is 0.390 bits per heavy atom. The van der Waals surface area contributed by atoms with Crippen LogP contribution in [-0.4, -0.2) is 16.2 Å². The van der Waals surface area contributed by atoms with Gasteiger partial charge in [-0.1, -0.05) is 133 Å². The molecule has 5 nitrogen and oxygen atoms in total. The summed E-state index contributed by atoms with van der Waals surface area (Å²) < 4.78 is 2.32. The van der Waals surface area contributed by atoms with Crippen LogP contribution in [-0.2, 0) is 0 Å². The first kappa shape index (κ1) is 34.4. The fourth-order valence-corrected chi connectivity index (χ4v) is 8.75. The molecule has 2 aromatic heterocycles. The first-order chi connectivity index (χ1) is 29.3. The standard InChI is InChI=1S/C54H39N5/c1-4-17-39(18-5-1)46-25-10-11-26-47(46)40-33-34-55-54(35-40)59-50-28-13-12-27-48(50)49-32-31-45(37-53(49)59)58(42-21-8-3-9-22-42)44-24-16-23-43(36-44)57-38-56(41-19-6-2-7-20-41)51-29-14-15-30-52(51)57/h1-37H,38H2. The zero-order valence-corrected chi connectivity index (χ0v) is 32.3. The van der Waals surface area contributed by atoms with Gasteiger partial charge in [-0.3, -0.25) is 4.57 Å². The molecule has 0 amide bonds. The Labute approximate surface area is 343 Å². The summed E-state index contributed by atoms with van der Waals surface area (Å²) >= 11 is 0. The average Bonchev–Trinajstić information content (AvgIpc) is 3.87. The van der Waals surface area contributed by atoms with Crippen LogP contribution in [0.4, 0.5) is 39.8 Å². The van der Waals surface area contributed by atoms with Crippen molar-refractivity contribution in [2.24, 2.45) is 0 Å². The molecular formula is C54H39N5. The molecule has 0 spiro atoms. The molecule has 0 fully saturated rings. The normalized spacial score (nSPS) is 12.3. The fourth-order valence-electron chi connectivity index (χ4n) is 8.75. The Balaban J connectivity index is 1.05. The van der Waals surface area contributed by atoms with Crippen LogP contribution in [0.15, 0.2) is 225 Å². The van der Waals surface area contributed by atoms with Crippen molar-refractivity contribution < 1.29 is 0 Å². The lowest BCUT2D eigenvalue weighted by Crippen LogP contribution is -2.24. The van der Waals surface area contributed by atoms with Gasteiger partial charge in [-0.05, 0) is 107 Å². The van der Waals surface area contributed by atoms with Gasteiger partial charge in [0.2, 0.25) is 0 Å². The minimum Gasteiger partial charge on any atom is -0.321 e. The van der Waals surface area contributed by atoms with E-state index in [4.69, 9.17) is 4.98 Å². The zero-order valence-electron chi connectivity index (χ0n) is 32.3. The smallest absolute Gasteiger partial charge is 0.138 e. The van der Waals surface area contributed by atoms with Gasteiger partial charge in [-0.25, -0.2) is 4.98 Å². The van der Waals surface area contributed by atoms with Gasteiger partial charge in [-0.15, -0.1) is 0 Å². The molecule has 0 saturated carbocycles. The van der Waals surface area contributed by atoms with Gasteiger partial charge < -0.3 is 14.7 Å². The van der Waals surface area contributed by atoms with E-state index in [1.807, 2.05) is 6.20 Å². The van der Waals surface area contributed by atoms with Crippen molar-refractivity contribution in [3.05, 3.63) is 225 Å². The predicted octanol–water partition coefficient (Wildman–Crippen LogP) is 14.2. The number of para-hydroxylation sites is 5. The number of rotatable bonds is 8. The molecule has 280 valence electrons. The highest BCUT2D eigenvalue weighted by molar-refractivity contribution is 6.10. The van der Waals surface area contributed by atoms with Crippen LogP contribution >= 0.6 is 0 Å². The van der Waals surface area contributed by atoms with E-state index >= 15 is 0 Å². The number of hydrogen-bond donors (Lipinski definition) is 0. The minimum absolute atomic E-state index is 0.714. The van der Waals surface area contributed by atoms with Crippen molar-refractivity contribution in [3.8, 4) is 28.1 Å². The third-order valence-corrected chi connectivity index (χ3v) is 11.4. The number of benzene rings is 8. The van der Waals surface area contributed by atoms with E-state index in [0.29, 0.717) is 6.67 Å². The van der Waals surface area contributed by atoms with Crippen LogP contribution in [0.2, 0.25) is 0 Å². The molecule has 5 heteroatoms. The molecule has 0 atom stereocenters. The average molecular weight is 758 g/mol. The van der Waals surface area contributed by atoms with E-state index in [1.54, 1.807) is 0 Å². The molecule has 10 aromatic rings. The molecule has 0 N–H and O–H groups in total. The van der Waals surface area contributed by atoms with Gasteiger partial charge in [0, 0.05) is 45.4 Å². The van der Waals surface area contributed by atoms with E-state index in [0.717, 1.165) is 45.2 Å². The Hall–Kier alpha value is -7.89. The molecule has 0 saturated heterocycles. The summed E-state index contributed by atoms with van der Waals surface area (Å²) in [5, 5.41) is 2.37. The SMILES string of the molecule is c1ccc(-c2ccccc2-c2ccnc(-n3c4ccccc4c4ccc(N(c5ccccc5)c5cccc(N6CN(c7ccccc7)c7ccccc76)c5)cc43)c2)cc1. The highest BCUT2D eigenvalue weighted by Gasteiger charge is 2.28. The van der Waals surface area contributed by atoms with Gasteiger partial charge in [0.05, 0.1) is 22.4 Å². The zero-order chi connectivity index (χ0) is 39.1. The van der Waals surface area contributed by atoms with Crippen LogP contribution in [0.25, 0.3) is 49.9 Å². The summed E-state index contributed by atoms with van der Waals surface area (Å²) in [7, 11) is 0. The molecule has 0 unspecified atom stereocenters. The number of anilines is 7. The van der Waals surface area contributed by atoms with Crippen LogP contribution < -0.4 is 14.7 Å². The summed E-state index contributed by atoms with van der Waals surface area (Å²) in [5.74, 6) is 0.873. The van der Waals surface area contributed by atoms with Crippen LogP contribution in [0.3, 0.4) is 0 Å². The van der Waals surface area contributed by atoms with Crippen molar-refractivity contribution in [2.75, 3.05) is 21.4 Å². The maximum Gasteiger partial charge on any atom is 0.138 e. The summed E-state index contributed by atoms with van der Waals surface area (Å²) in [4.78, 5) is 12.2. The summed E-state index contributed by atoms with van der Waals surface area (Å²) in [6.45, 7) is 0.714. The highest BCUT2D eigenvalue weighted by Crippen LogP contribution is 2.46. The first-order valence-electron chi connectivity index (χ1n) is 20.1. The van der Waals surface area contributed by atoms with E-state index in [9.17, 15) is 0 Å². The Morgan fingerprint density at radius 3 is 1.75 bits per heavy atom. The molecule has 1 aliphatic rings. The van der Waals surface area contributed by atoms with Gasteiger partial charge in [0.15, 0.2) is 0 Å². The molecule has 0 aliphatic carbocycles. The Morgan fingerprint density at radius 2 is 0.966 bits per heavy atom. The summed E-state index contributed by atoms with van der Waals surface area (Å²) in [6, 6.07) is 78.0. The molecule has 59 heavy (non-hydrogen) atoms. The maximum atomic E-state index is 5.04. The van der Waals surface area contributed by atoms with Gasteiger partial charge in [0.1, 0.15) is 12.5 Å². The highest BCUT2D eigenvalue weighted by atomic mass is 15.4. The second-order valence-electron chi connectivity index (χ2n) is 14.9. The van der Waals surface area contributed by atoms with Gasteiger partial charge in [-0.2, -0.15) is 0 Å². The van der Waals surface area contributed by atoms with Crippen molar-refractivity contribution in [1.82, 2.24) is 9.55 Å². The number of nitrogens with zero attached hydrogens (tertiary/aromatic N) is 5. The lowest BCUT2D eigenvalue weighted by atomic mass is 9.95. The van der Waals surface area contributed by atoms with Crippen molar-refractivity contribution >= 4 is 61.6 Å². The molecular weight excluding hydrogens is 719 g/mol. The van der Waals surface area contributed by atoms with Crippen molar-refractivity contribution in [1.29, 1.82) is 0 Å². The van der Waals surface area contributed by atoms with Crippen molar-refractivity contribution in [2.45, 2.75) is 0 Å². The maximum absolute atomic E-state index is 5.04. The molecule has 1 aliphatic heterocycles. The molecule has 3 heterocycles. The monoisotopic (exact) mass is 757 g/mol. The lowest BCUT2D eigenvalue weighted by molar-refractivity contribution is 0.990. The second kappa shape index (κ2) is 14.6. The number of pyridine rings is 1. The quantitative estimate of drug-likeness (QED) is 0.154. The van der Waals surface area contributed by atoms with Crippen LogP contribution in [0.5, 0.6) is 0 Å². The topological polar surface area (TPSA) is 27.5 Å². The lowest BCUT2D eigenvalue weighted by Gasteiger charge is -2.28. The third-order valence-electron chi connectivity index (χ3n) is 11.4. The number of aromatic nitrogens is 2. The molecule has 0 radical (unpaired) electrons. The molecule has 8 aromatic carbocycles. The number of hydrogen-bond acceptors (Lipinski definition) is 4. The molecule has 11 rings (SSSR count). The van der Waals surface area contributed by atoms with Crippen molar-refractivity contribution in [3.63, 3.8) is 0 Å². The van der Waals surface area contributed by atoms with Crippen LogP contribution in [0.1, 0.15) is 0 Å². The fraction of sp³-hybridized carbons (Fsp3) is 0.0185. The van der Waals surface area contributed by atoms with E-state index in [2.05, 4.69) is 238 Å². The largest absolute Gasteiger partial charge is 0.321 e. The first-order valence-corrected chi connectivity index (χ1v) is 20.1. The van der Waals surface area contributed by atoms with E-state index in [-0.39, 0.29) is 0 Å². The van der Waals surface area contributed by atoms with E-state index in [1.165, 1.54) is 44.5 Å².